The van der Waals surface area contributed by atoms with Gasteiger partial charge in [0, 0.05) is 6.42 Å². The maximum atomic E-state index is 13.3. The number of allylic oxidation sites excluding steroid dienone is 6. The molecule has 6 nitrogen and oxygen atoms in total. The molecule has 3 atom stereocenters. The molecule has 0 aliphatic rings. The van der Waals surface area contributed by atoms with E-state index in [1.165, 1.54) is 199 Å². The Bertz CT molecular complexity index is 1070. The number of hydrogen-bond donors (Lipinski definition) is 3. The second kappa shape index (κ2) is 53.0. The predicted octanol–water partition coefficient (Wildman–Crippen LogP) is 17.6. The molecule has 0 radical (unpaired) electrons. The monoisotopic (exact) mass is 914 g/mol. The fourth-order valence-electron chi connectivity index (χ4n) is 8.96. The molecule has 0 bridgehead atoms. The first kappa shape index (κ1) is 63.1. The summed E-state index contributed by atoms with van der Waals surface area (Å²) in [6.45, 7) is 6.39. The number of unbranched alkanes of at least 4 members (excludes halogenated alkanes) is 36. The van der Waals surface area contributed by atoms with E-state index in [4.69, 9.17) is 4.74 Å². The van der Waals surface area contributed by atoms with E-state index in [0.29, 0.717) is 19.3 Å². The van der Waals surface area contributed by atoms with Crippen LogP contribution in [0.1, 0.15) is 303 Å². The van der Waals surface area contributed by atoms with Gasteiger partial charge in [-0.05, 0) is 44.9 Å². The van der Waals surface area contributed by atoms with E-state index in [9.17, 15) is 19.8 Å². The number of aliphatic hydroxyl groups is 2. The Morgan fingerprint density at radius 3 is 1.25 bits per heavy atom. The van der Waals surface area contributed by atoms with Crippen LogP contribution in [-0.4, -0.2) is 46.9 Å². The van der Waals surface area contributed by atoms with Crippen molar-refractivity contribution in [1.29, 1.82) is 0 Å². The van der Waals surface area contributed by atoms with Gasteiger partial charge >= 0.3 is 5.97 Å². The van der Waals surface area contributed by atoms with Crippen molar-refractivity contribution in [2.75, 3.05) is 6.61 Å². The second-order valence-electron chi connectivity index (χ2n) is 19.7. The fourth-order valence-corrected chi connectivity index (χ4v) is 8.96. The highest BCUT2D eigenvalue weighted by Crippen LogP contribution is 2.19. The molecule has 1 amide bonds. The molecule has 65 heavy (non-hydrogen) atoms. The molecule has 0 fully saturated rings. The minimum absolute atomic E-state index is 0.0774. The van der Waals surface area contributed by atoms with Gasteiger partial charge < -0.3 is 20.3 Å². The Hall–Kier alpha value is -1.92. The van der Waals surface area contributed by atoms with Crippen molar-refractivity contribution < 1.29 is 24.5 Å². The Morgan fingerprint density at radius 2 is 0.831 bits per heavy atom. The molecule has 0 rings (SSSR count). The topological polar surface area (TPSA) is 95.9 Å². The van der Waals surface area contributed by atoms with Crippen molar-refractivity contribution in [2.45, 2.75) is 322 Å². The van der Waals surface area contributed by atoms with Crippen LogP contribution in [0.4, 0.5) is 0 Å². The lowest BCUT2D eigenvalue weighted by molar-refractivity contribution is -0.151. The van der Waals surface area contributed by atoms with Gasteiger partial charge in [0.05, 0.1) is 25.2 Å². The van der Waals surface area contributed by atoms with Gasteiger partial charge in [0.2, 0.25) is 5.91 Å². The molecule has 0 saturated heterocycles. The summed E-state index contributed by atoms with van der Waals surface area (Å²) in [4.78, 5) is 26.3. The van der Waals surface area contributed by atoms with Crippen LogP contribution < -0.4 is 5.32 Å². The number of nitrogens with one attached hydrogen (secondary N) is 1. The van der Waals surface area contributed by atoms with Gasteiger partial charge in [-0.1, -0.05) is 282 Å². The lowest BCUT2D eigenvalue weighted by atomic mass is 10.0. The number of rotatable bonds is 52. The van der Waals surface area contributed by atoms with Gasteiger partial charge in [-0.25, -0.2) is 0 Å². The average Bonchev–Trinajstić information content (AvgIpc) is 3.30. The SMILES string of the molecule is CC/C=C/C=C/C=C/CCCCCCCCCC(=O)OC(CCCCCCCCCCCCCCCCCCC)CC(=O)NC(CO)C(O)CCCCCCCCCCCCCCCC. The third kappa shape index (κ3) is 48.3. The van der Waals surface area contributed by atoms with E-state index >= 15 is 0 Å². The van der Waals surface area contributed by atoms with Gasteiger partial charge in [-0.15, -0.1) is 0 Å². The zero-order valence-electron chi connectivity index (χ0n) is 43.6. The highest BCUT2D eigenvalue weighted by atomic mass is 16.5. The third-order valence-corrected chi connectivity index (χ3v) is 13.3. The molecule has 0 aliphatic heterocycles. The summed E-state index contributed by atoms with van der Waals surface area (Å²) in [7, 11) is 0. The largest absolute Gasteiger partial charge is 0.462 e. The molecule has 0 aromatic rings. The number of ether oxygens (including phenoxy) is 1. The van der Waals surface area contributed by atoms with Crippen molar-refractivity contribution in [3.63, 3.8) is 0 Å². The molecule has 3 N–H and O–H groups in total. The molecule has 0 aromatic carbocycles. The van der Waals surface area contributed by atoms with E-state index in [-0.39, 0.29) is 24.9 Å². The van der Waals surface area contributed by atoms with E-state index in [1.54, 1.807) is 0 Å². The Labute approximate surface area is 404 Å². The highest BCUT2D eigenvalue weighted by Gasteiger charge is 2.24. The van der Waals surface area contributed by atoms with Crippen LogP contribution in [0.3, 0.4) is 0 Å². The zero-order chi connectivity index (χ0) is 47.4. The normalized spacial score (nSPS) is 13.4. The lowest BCUT2D eigenvalue weighted by Gasteiger charge is -2.24. The van der Waals surface area contributed by atoms with Crippen LogP contribution in [0.15, 0.2) is 36.5 Å². The molecule has 0 spiro atoms. The number of carbonyl (C=O) groups is 2. The van der Waals surface area contributed by atoms with Crippen molar-refractivity contribution in [3.8, 4) is 0 Å². The smallest absolute Gasteiger partial charge is 0.306 e. The minimum Gasteiger partial charge on any atom is -0.462 e. The molecular weight excluding hydrogens is 803 g/mol. The standard InChI is InChI=1S/C59H111NO5/c1-4-7-10-13-16-19-22-25-28-29-31-32-35-38-41-44-47-50-55(65-59(64)52-49-46-43-40-37-34-30-26-23-20-17-14-11-8-5-2)53-58(63)60-56(54-61)57(62)51-48-45-42-39-36-33-27-24-21-18-15-12-9-6-3/h8,11,14,17,20,23,55-57,61-62H,4-7,9-10,12-13,15-16,18-19,21-22,24-54H2,1-3H3,(H,60,63)/b11-8+,17-14+,23-20+. The van der Waals surface area contributed by atoms with Gasteiger partial charge in [0.25, 0.3) is 0 Å². The van der Waals surface area contributed by atoms with E-state index in [0.717, 1.165) is 57.8 Å². The molecule has 0 saturated carbocycles. The van der Waals surface area contributed by atoms with Crippen LogP contribution in [0.5, 0.6) is 0 Å². The predicted molar refractivity (Wildman–Crippen MR) is 282 cm³/mol. The Morgan fingerprint density at radius 1 is 0.462 bits per heavy atom. The van der Waals surface area contributed by atoms with E-state index in [1.807, 2.05) is 0 Å². The van der Waals surface area contributed by atoms with Gasteiger partial charge in [0.15, 0.2) is 0 Å². The van der Waals surface area contributed by atoms with Gasteiger partial charge in [-0.3, -0.25) is 9.59 Å². The molecule has 0 aromatic heterocycles. The summed E-state index contributed by atoms with van der Waals surface area (Å²) >= 11 is 0. The maximum absolute atomic E-state index is 13.3. The summed E-state index contributed by atoms with van der Waals surface area (Å²) in [5.41, 5.74) is 0. The molecule has 3 unspecified atom stereocenters. The number of hydrogen-bond acceptors (Lipinski definition) is 5. The zero-order valence-corrected chi connectivity index (χ0v) is 43.6. The average molecular weight is 915 g/mol. The van der Waals surface area contributed by atoms with Crippen LogP contribution in [-0.2, 0) is 14.3 Å². The minimum atomic E-state index is -0.787. The molecule has 0 heterocycles. The van der Waals surface area contributed by atoms with Crippen molar-refractivity contribution in [3.05, 3.63) is 36.5 Å². The number of carbonyl (C=O) groups excluding carboxylic acids is 2. The summed E-state index contributed by atoms with van der Waals surface area (Å²) < 4.78 is 5.96. The van der Waals surface area contributed by atoms with E-state index < -0.39 is 18.2 Å². The summed E-state index contributed by atoms with van der Waals surface area (Å²) in [6.07, 6.45) is 63.5. The lowest BCUT2D eigenvalue weighted by Crippen LogP contribution is -2.46. The van der Waals surface area contributed by atoms with Crippen LogP contribution in [0, 0.1) is 0 Å². The Kier molecular flexibility index (Phi) is 51.5. The van der Waals surface area contributed by atoms with Gasteiger partial charge in [-0.2, -0.15) is 0 Å². The van der Waals surface area contributed by atoms with Crippen molar-refractivity contribution in [1.82, 2.24) is 5.32 Å². The first-order valence-corrected chi connectivity index (χ1v) is 28.7. The maximum Gasteiger partial charge on any atom is 0.306 e. The highest BCUT2D eigenvalue weighted by molar-refractivity contribution is 5.77. The summed E-state index contributed by atoms with van der Waals surface area (Å²) in [5, 5.41) is 23.9. The third-order valence-electron chi connectivity index (χ3n) is 13.3. The number of amides is 1. The van der Waals surface area contributed by atoms with Crippen LogP contribution in [0.2, 0.25) is 0 Å². The van der Waals surface area contributed by atoms with Crippen molar-refractivity contribution >= 4 is 11.9 Å². The Balaban J connectivity index is 4.54. The number of esters is 1. The van der Waals surface area contributed by atoms with Crippen LogP contribution in [0.25, 0.3) is 0 Å². The molecular formula is C59H111NO5. The number of aliphatic hydroxyl groups excluding tert-OH is 2. The van der Waals surface area contributed by atoms with Crippen molar-refractivity contribution in [2.24, 2.45) is 0 Å². The quantitative estimate of drug-likeness (QED) is 0.0321. The molecule has 382 valence electrons. The first-order chi connectivity index (χ1) is 32.0. The molecule has 0 aliphatic carbocycles. The molecule has 6 heteroatoms. The van der Waals surface area contributed by atoms with E-state index in [2.05, 4.69) is 62.5 Å². The fraction of sp³-hybridized carbons (Fsp3) is 0.864. The summed E-state index contributed by atoms with van der Waals surface area (Å²) in [5.74, 6) is -0.470. The van der Waals surface area contributed by atoms with Gasteiger partial charge in [0.1, 0.15) is 6.10 Å². The first-order valence-electron chi connectivity index (χ1n) is 28.7. The van der Waals surface area contributed by atoms with Crippen LogP contribution >= 0.6 is 0 Å². The summed E-state index contributed by atoms with van der Waals surface area (Å²) in [6, 6.07) is -0.701. The second-order valence-corrected chi connectivity index (χ2v) is 19.7.